The van der Waals surface area contributed by atoms with E-state index in [2.05, 4.69) is 38.4 Å². The minimum atomic E-state index is -0.651. The molecule has 194 valence electrons. The average molecular weight is 620 g/mol. The van der Waals surface area contributed by atoms with Crippen LogP contribution in [0.5, 0.6) is 34.5 Å². The summed E-state index contributed by atoms with van der Waals surface area (Å²) in [6, 6.07) is 5.58. The minimum Gasteiger partial charge on any atom is -0.493 e. The van der Waals surface area contributed by atoms with Crippen LogP contribution in [-0.2, 0) is 9.47 Å². The van der Waals surface area contributed by atoms with Crippen LogP contribution in [0, 0.1) is 0 Å². The second kappa shape index (κ2) is 13.8. The Morgan fingerprint density at radius 3 is 1.71 bits per heavy atom. The van der Waals surface area contributed by atoms with Crippen LogP contribution in [0.2, 0.25) is 0 Å². The molecule has 0 aliphatic heterocycles. The Kier molecular flexibility index (Phi) is 11.5. The minimum absolute atomic E-state index is 0.298. The number of hydrogen-bond donors (Lipinski definition) is 0. The summed E-state index contributed by atoms with van der Waals surface area (Å²) in [6.07, 6.45) is 1.01. The van der Waals surface area contributed by atoms with E-state index in [4.69, 9.17) is 37.9 Å². The summed E-state index contributed by atoms with van der Waals surface area (Å²) in [4.78, 5) is -0.404. The van der Waals surface area contributed by atoms with Crippen LogP contribution < -0.4 is 28.4 Å². The van der Waals surface area contributed by atoms with Gasteiger partial charge in [-0.15, -0.1) is 6.58 Å². The van der Waals surface area contributed by atoms with Gasteiger partial charge in [0.25, 0.3) is 0 Å². The monoisotopic (exact) mass is 618 g/mol. The van der Waals surface area contributed by atoms with Gasteiger partial charge in [-0.2, -0.15) is 0 Å². The molecule has 1 unspecified atom stereocenters. The quantitative estimate of drug-likeness (QED) is 0.154. The van der Waals surface area contributed by atoms with Crippen molar-refractivity contribution in [1.82, 2.24) is 0 Å². The van der Waals surface area contributed by atoms with Crippen LogP contribution in [0.1, 0.15) is 17.0 Å². The predicted octanol–water partition coefficient (Wildman–Crippen LogP) is 5.57. The maximum absolute atomic E-state index is 5.91. The molecule has 2 aromatic carbocycles. The highest BCUT2D eigenvalue weighted by molar-refractivity contribution is 9.10. The van der Waals surface area contributed by atoms with Gasteiger partial charge in [0.15, 0.2) is 29.3 Å². The Bertz CT molecular complexity index is 973. The number of methoxy groups -OCH3 is 7. The number of halogens is 2. The number of rotatable bonds is 14. The normalized spacial score (nSPS) is 13.4. The second-order valence-corrected chi connectivity index (χ2v) is 9.06. The molecule has 0 heterocycles. The first-order chi connectivity index (χ1) is 16.9. The Morgan fingerprint density at radius 1 is 0.771 bits per heavy atom. The molecule has 0 spiro atoms. The van der Waals surface area contributed by atoms with Crippen molar-refractivity contribution >= 4 is 31.9 Å². The largest absolute Gasteiger partial charge is 0.493 e. The first-order valence-corrected chi connectivity index (χ1v) is 12.3. The van der Waals surface area contributed by atoms with E-state index in [1.165, 1.54) is 0 Å². The number of alkyl halides is 1. The van der Waals surface area contributed by atoms with Gasteiger partial charge < -0.3 is 37.9 Å². The summed E-state index contributed by atoms with van der Waals surface area (Å²) >= 11 is 7.55. The predicted molar refractivity (Wildman–Crippen MR) is 141 cm³/mol. The highest BCUT2D eigenvalue weighted by Gasteiger charge is 2.37. The molecule has 0 saturated heterocycles. The summed E-state index contributed by atoms with van der Waals surface area (Å²) < 4.78 is 46.1. The zero-order chi connectivity index (χ0) is 26.1. The zero-order valence-electron chi connectivity index (χ0n) is 21.0. The Morgan fingerprint density at radius 2 is 1.29 bits per heavy atom. The van der Waals surface area contributed by atoms with Crippen LogP contribution in [0.25, 0.3) is 0 Å². The van der Waals surface area contributed by atoms with E-state index >= 15 is 0 Å². The van der Waals surface area contributed by atoms with Crippen LogP contribution in [0.15, 0.2) is 35.3 Å². The summed E-state index contributed by atoms with van der Waals surface area (Å²) in [5.41, 5.74) is 1.59. The van der Waals surface area contributed by atoms with E-state index in [1.807, 2.05) is 18.2 Å². The van der Waals surface area contributed by atoms with Gasteiger partial charge in [-0.05, 0) is 23.8 Å². The molecule has 0 fully saturated rings. The Labute approximate surface area is 223 Å². The van der Waals surface area contributed by atoms with Crippen LogP contribution in [0.4, 0.5) is 0 Å². The number of benzene rings is 2. The SMILES string of the molecule is C=CCOC(OC)[C@H](Br)[C@H](c1cc(OC)c(OC)c(OC)c1)c1c(Br)cc(OC)c(OC)c1OC. The molecule has 0 N–H and O–H groups in total. The van der Waals surface area contributed by atoms with E-state index in [-0.39, 0.29) is 0 Å². The summed E-state index contributed by atoms with van der Waals surface area (Å²) in [5, 5.41) is 0. The highest BCUT2D eigenvalue weighted by Crippen LogP contribution is 2.52. The van der Waals surface area contributed by atoms with E-state index in [1.54, 1.807) is 55.8 Å². The summed E-state index contributed by atoms with van der Waals surface area (Å²) in [6.45, 7) is 4.03. The van der Waals surface area contributed by atoms with E-state index in [0.29, 0.717) is 41.1 Å². The number of hydrogen-bond acceptors (Lipinski definition) is 8. The van der Waals surface area contributed by atoms with E-state index in [0.717, 1.165) is 15.6 Å². The van der Waals surface area contributed by atoms with Gasteiger partial charge in [0, 0.05) is 23.1 Å². The van der Waals surface area contributed by atoms with Gasteiger partial charge in [0.2, 0.25) is 11.5 Å². The Balaban J connectivity index is 2.92. The summed E-state index contributed by atoms with van der Waals surface area (Å²) in [7, 11) is 11.0. The molecule has 0 aliphatic rings. The van der Waals surface area contributed by atoms with Crippen molar-refractivity contribution in [3.63, 3.8) is 0 Å². The molecular weight excluding hydrogens is 588 g/mol. The third-order valence-electron chi connectivity index (χ3n) is 5.36. The number of ether oxygens (including phenoxy) is 8. The van der Waals surface area contributed by atoms with Crippen molar-refractivity contribution < 1.29 is 37.9 Å². The second-order valence-electron chi connectivity index (χ2n) is 7.15. The topological polar surface area (TPSA) is 73.8 Å². The molecule has 0 aromatic heterocycles. The van der Waals surface area contributed by atoms with Crippen LogP contribution >= 0.6 is 31.9 Å². The molecule has 2 rings (SSSR count). The first kappa shape index (κ1) is 29.1. The van der Waals surface area contributed by atoms with Gasteiger partial charge in [-0.25, -0.2) is 0 Å². The van der Waals surface area contributed by atoms with E-state index in [9.17, 15) is 0 Å². The van der Waals surface area contributed by atoms with Gasteiger partial charge >= 0.3 is 0 Å². The fourth-order valence-electron chi connectivity index (χ4n) is 3.84. The van der Waals surface area contributed by atoms with Gasteiger partial charge in [-0.3, -0.25) is 0 Å². The first-order valence-electron chi connectivity index (χ1n) is 10.5. The molecule has 2 aromatic rings. The fourth-order valence-corrected chi connectivity index (χ4v) is 5.41. The van der Waals surface area contributed by atoms with Crippen molar-refractivity contribution in [2.24, 2.45) is 0 Å². The molecule has 0 bridgehead atoms. The maximum atomic E-state index is 5.91. The molecule has 0 aliphatic carbocycles. The maximum Gasteiger partial charge on any atom is 0.203 e. The summed E-state index contributed by atoms with van der Waals surface area (Å²) in [5.74, 6) is 2.52. The molecule has 0 amide bonds. The van der Waals surface area contributed by atoms with E-state index < -0.39 is 17.0 Å². The van der Waals surface area contributed by atoms with Gasteiger partial charge in [0.1, 0.15) is 0 Å². The van der Waals surface area contributed by atoms with Gasteiger partial charge in [-0.1, -0.05) is 37.9 Å². The lowest BCUT2D eigenvalue weighted by Crippen LogP contribution is -2.32. The molecule has 0 radical (unpaired) electrons. The average Bonchev–Trinajstić information content (AvgIpc) is 2.88. The highest BCUT2D eigenvalue weighted by atomic mass is 79.9. The zero-order valence-corrected chi connectivity index (χ0v) is 24.1. The third-order valence-corrected chi connectivity index (χ3v) is 6.98. The van der Waals surface area contributed by atoms with Crippen LogP contribution in [0.3, 0.4) is 0 Å². The van der Waals surface area contributed by atoms with Crippen molar-refractivity contribution in [3.05, 3.63) is 46.5 Å². The lowest BCUT2D eigenvalue weighted by Gasteiger charge is -2.32. The van der Waals surface area contributed by atoms with Crippen molar-refractivity contribution in [1.29, 1.82) is 0 Å². The molecule has 0 saturated carbocycles. The van der Waals surface area contributed by atoms with Crippen molar-refractivity contribution in [3.8, 4) is 34.5 Å². The fraction of sp³-hybridized carbons (Fsp3) is 0.440. The van der Waals surface area contributed by atoms with Gasteiger partial charge in [0.05, 0.1) is 54.1 Å². The lowest BCUT2D eigenvalue weighted by atomic mass is 9.86. The van der Waals surface area contributed by atoms with Crippen molar-refractivity contribution in [2.75, 3.05) is 56.4 Å². The molecular formula is C25H32Br2O8. The smallest absolute Gasteiger partial charge is 0.203 e. The standard InChI is InChI=1S/C25H32Br2O8/c1-9-10-35-25(34-8)21(27)19(14-11-16(28-2)22(31-5)17(12-14)29-3)20-15(26)13-18(30-4)23(32-6)24(20)33-7/h9,11-13,19,21,25H,1,10H2,2-8H3/t19-,21-,25?/m1/s1. The lowest BCUT2D eigenvalue weighted by molar-refractivity contribution is -0.115. The Hall–Kier alpha value is -2.14. The molecule has 35 heavy (non-hydrogen) atoms. The third kappa shape index (κ3) is 6.17. The molecule has 3 atom stereocenters. The van der Waals surface area contributed by atoms with Crippen molar-refractivity contribution in [2.45, 2.75) is 17.0 Å². The molecule has 10 heteroatoms. The molecule has 8 nitrogen and oxygen atoms in total. The van der Waals surface area contributed by atoms with Crippen LogP contribution in [-0.4, -0.2) is 67.5 Å².